The van der Waals surface area contributed by atoms with Crippen molar-refractivity contribution in [1.29, 1.82) is 0 Å². The van der Waals surface area contributed by atoms with Gasteiger partial charge >= 0.3 is 6.18 Å². The van der Waals surface area contributed by atoms with Crippen molar-refractivity contribution < 1.29 is 13.2 Å². The van der Waals surface area contributed by atoms with Gasteiger partial charge in [-0.3, -0.25) is 0 Å². The fraction of sp³-hybridized carbons (Fsp3) is 0.188. The topological polar surface area (TPSA) is 28.7 Å². The number of benzene rings is 2. The summed E-state index contributed by atoms with van der Waals surface area (Å²) in [6.45, 7) is 0. The molecule has 1 aromatic heterocycles. The number of H-pyrrole nitrogens is 1. The number of hydrogen-bond acceptors (Lipinski definition) is 2. The lowest BCUT2D eigenvalue weighted by atomic mass is 10.2. The van der Waals surface area contributed by atoms with Gasteiger partial charge in [0.1, 0.15) is 0 Å². The normalized spacial score (nSPS) is 11.5. The molecule has 0 atom stereocenters. The summed E-state index contributed by atoms with van der Waals surface area (Å²) < 4.78 is 38.1. The highest BCUT2D eigenvalue weighted by molar-refractivity contribution is 7.98. The molecule has 0 aliphatic carbocycles. The highest BCUT2D eigenvalue weighted by Crippen LogP contribution is 2.33. The average molecular weight is 393 g/mol. The number of nitrogens with one attached hydrogen (secondary N) is 1. The summed E-state index contributed by atoms with van der Waals surface area (Å²) in [5, 5.41) is 1.59. The molecule has 0 saturated carbocycles. The number of rotatable bonds is 3. The summed E-state index contributed by atoms with van der Waals surface area (Å²) in [7, 11) is 0. The minimum Gasteiger partial charge on any atom is -0.333 e. The molecule has 0 amide bonds. The predicted molar refractivity (Wildman–Crippen MR) is 93.8 cm³/mol. The van der Waals surface area contributed by atoms with Gasteiger partial charge in [0.2, 0.25) is 0 Å². The van der Waals surface area contributed by atoms with Crippen molar-refractivity contribution in [3.8, 4) is 0 Å². The minimum atomic E-state index is -4.38. The molecule has 3 aromatic rings. The number of alkyl halides is 3. The summed E-state index contributed by atoms with van der Waals surface area (Å²) in [4.78, 5) is 7.15. The van der Waals surface area contributed by atoms with Crippen molar-refractivity contribution in [3.63, 3.8) is 0 Å². The molecule has 0 aliphatic rings. The van der Waals surface area contributed by atoms with Gasteiger partial charge in [-0.2, -0.15) is 13.2 Å². The van der Waals surface area contributed by atoms with Crippen LogP contribution in [0, 0.1) is 0 Å². The van der Waals surface area contributed by atoms with Crippen molar-refractivity contribution in [2.45, 2.75) is 24.5 Å². The van der Waals surface area contributed by atoms with Crippen molar-refractivity contribution in [1.82, 2.24) is 9.97 Å². The van der Waals surface area contributed by atoms with Crippen LogP contribution >= 0.6 is 35.0 Å². The Labute approximate surface area is 151 Å². The molecule has 0 fully saturated rings. The molecule has 0 bridgehead atoms. The number of imidazole rings is 1. The molecule has 24 heavy (non-hydrogen) atoms. The van der Waals surface area contributed by atoms with Crippen molar-refractivity contribution in [2.75, 3.05) is 0 Å². The lowest BCUT2D eigenvalue weighted by Crippen LogP contribution is -2.04. The van der Waals surface area contributed by atoms with Crippen LogP contribution in [0.15, 0.2) is 41.6 Å². The second-order valence-electron chi connectivity index (χ2n) is 4.76. The molecule has 128 valence electrons. The van der Waals surface area contributed by atoms with E-state index in [-0.39, 0.29) is 7.43 Å². The highest BCUT2D eigenvalue weighted by atomic mass is 35.5. The van der Waals surface area contributed by atoms with Crippen LogP contribution in [-0.4, -0.2) is 9.97 Å². The Morgan fingerprint density at radius 1 is 1.08 bits per heavy atom. The SMILES string of the molecule is C.FC(F)(F)c1ccc2nc(SCc3c(Cl)cccc3Cl)[nH]c2c1. The molecule has 0 spiro atoms. The molecular weight excluding hydrogens is 380 g/mol. The molecule has 2 aromatic carbocycles. The van der Waals surface area contributed by atoms with Crippen molar-refractivity contribution in [3.05, 3.63) is 57.6 Å². The number of nitrogens with zero attached hydrogens (tertiary/aromatic N) is 1. The minimum absolute atomic E-state index is 0. The van der Waals surface area contributed by atoms with E-state index >= 15 is 0 Å². The first kappa shape index (κ1) is 19.0. The summed E-state index contributed by atoms with van der Waals surface area (Å²) in [6.07, 6.45) is -4.38. The fourth-order valence-electron chi connectivity index (χ4n) is 2.04. The van der Waals surface area contributed by atoms with E-state index in [9.17, 15) is 13.2 Å². The molecule has 1 N–H and O–H groups in total. The van der Waals surface area contributed by atoms with Gasteiger partial charge < -0.3 is 4.98 Å². The maximum atomic E-state index is 12.7. The number of halogens is 5. The zero-order chi connectivity index (χ0) is 16.6. The number of aromatic amines is 1. The molecule has 0 aliphatic heterocycles. The Morgan fingerprint density at radius 3 is 2.38 bits per heavy atom. The monoisotopic (exact) mass is 392 g/mol. The first-order valence-electron chi connectivity index (χ1n) is 6.47. The van der Waals surface area contributed by atoms with E-state index in [0.717, 1.165) is 17.7 Å². The van der Waals surface area contributed by atoms with Crippen LogP contribution in [0.1, 0.15) is 18.6 Å². The number of thioether (sulfide) groups is 1. The highest BCUT2D eigenvalue weighted by Gasteiger charge is 2.30. The Balaban J connectivity index is 0.00000208. The molecule has 3 rings (SSSR count). The summed E-state index contributed by atoms with van der Waals surface area (Å²) >= 11 is 13.5. The standard InChI is InChI=1S/C15H9Cl2F3N2S.CH4/c16-10-2-1-3-11(17)9(10)7-23-14-21-12-5-4-8(15(18,19)20)6-13(12)22-14;/h1-6H,7H2,(H,21,22);1H4. The van der Waals surface area contributed by atoms with E-state index < -0.39 is 11.7 Å². The second kappa shape index (κ2) is 7.25. The predicted octanol–water partition coefficient (Wildman–Crippen LogP) is 6.82. The van der Waals surface area contributed by atoms with Gasteiger partial charge in [-0.25, -0.2) is 4.98 Å². The molecule has 0 radical (unpaired) electrons. The lowest BCUT2D eigenvalue weighted by molar-refractivity contribution is -0.137. The molecule has 0 saturated heterocycles. The Bertz CT molecular complexity index is 842. The molecular formula is C16H13Cl2F3N2S. The number of fused-ring (bicyclic) bond motifs is 1. The largest absolute Gasteiger partial charge is 0.416 e. The third-order valence-corrected chi connectivity index (χ3v) is 4.81. The Morgan fingerprint density at radius 2 is 1.75 bits per heavy atom. The summed E-state index contributed by atoms with van der Waals surface area (Å²) in [6, 6.07) is 8.63. The van der Waals surface area contributed by atoms with Gasteiger partial charge in [-0.1, -0.05) is 48.5 Å². The molecule has 1 heterocycles. The first-order valence-corrected chi connectivity index (χ1v) is 8.21. The van der Waals surface area contributed by atoms with Crippen LogP contribution in [0.3, 0.4) is 0 Å². The summed E-state index contributed by atoms with van der Waals surface area (Å²) in [5.41, 5.74) is 0.870. The van der Waals surface area contributed by atoms with Crippen molar-refractivity contribution in [2.24, 2.45) is 0 Å². The van der Waals surface area contributed by atoms with Gasteiger partial charge in [-0.15, -0.1) is 0 Å². The van der Waals surface area contributed by atoms with E-state index in [1.54, 1.807) is 18.2 Å². The first-order chi connectivity index (χ1) is 10.8. The third kappa shape index (κ3) is 3.99. The lowest BCUT2D eigenvalue weighted by Gasteiger charge is -2.05. The van der Waals surface area contributed by atoms with Gasteiger partial charge in [0, 0.05) is 15.8 Å². The van der Waals surface area contributed by atoms with Crippen LogP contribution < -0.4 is 0 Å². The number of aromatic nitrogens is 2. The van der Waals surface area contributed by atoms with Gasteiger partial charge in [-0.05, 0) is 35.9 Å². The molecule has 8 heteroatoms. The Kier molecular flexibility index (Phi) is 5.73. The zero-order valence-corrected chi connectivity index (χ0v) is 13.7. The Hall–Kier alpha value is -1.37. The number of hydrogen-bond donors (Lipinski definition) is 1. The smallest absolute Gasteiger partial charge is 0.333 e. The van der Waals surface area contributed by atoms with E-state index in [1.807, 2.05) is 0 Å². The van der Waals surface area contributed by atoms with E-state index in [1.165, 1.54) is 17.8 Å². The second-order valence-corrected chi connectivity index (χ2v) is 6.54. The van der Waals surface area contributed by atoms with Crippen LogP contribution in [0.2, 0.25) is 10.0 Å². The third-order valence-electron chi connectivity index (χ3n) is 3.20. The average Bonchev–Trinajstić information content (AvgIpc) is 2.87. The summed E-state index contributed by atoms with van der Waals surface area (Å²) in [5.74, 6) is 0.463. The maximum Gasteiger partial charge on any atom is 0.416 e. The van der Waals surface area contributed by atoms with E-state index in [4.69, 9.17) is 23.2 Å². The fourth-order valence-corrected chi connectivity index (χ4v) is 3.67. The van der Waals surface area contributed by atoms with Gasteiger partial charge in [0.25, 0.3) is 0 Å². The van der Waals surface area contributed by atoms with E-state index in [0.29, 0.717) is 32.0 Å². The van der Waals surface area contributed by atoms with Crippen LogP contribution in [0.4, 0.5) is 13.2 Å². The van der Waals surface area contributed by atoms with Crippen LogP contribution in [0.5, 0.6) is 0 Å². The molecule has 2 nitrogen and oxygen atoms in total. The van der Waals surface area contributed by atoms with Crippen LogP contribution in [-0.2, 0) is 11.9 Å². The van der Waals surface area contributed by atoms with E-state index in [2.05, 4.69) is 9.97 Å². The van der Waals surface area contributed by atoms with Crippen LogP contribution in [0.25, 0.3) is 11.0 Å². The quantitative estimate of drug-likeness (QED) is 0.495. The van der Waals surface area contributed by atoms with Crippen molar-refractivity contribution >= 4 is 46.0 Å². The maximum absolute atomic E-state index is 12.7. The van der Waals surface area contributed by atoms with Gasteiger partial charge in [0.15, 0.2) is 5.16 Å². The van der Waals surface area contributed by atoms with Gasteiger partial charge in [0.05, 0.1) is 16.6 Å². The zero-order valence-electron chi connectivity index (χ0n) is 11.4. The molecule has 0 unspecified atom stereocenters.